The molecule has 0 saturated heterocycles. The summed E-state index contributed by atoms with van der Waals surface area (Å²) >= 11 is 0. The Morgan fingerprint density at radius 3 is 0.854 bits per heavy atom. The van der Waals surface area contributed by atoms with E-state index in [-0.39, 0.29) is 0 Å². The molecule has 0 saturated carbocycles. The molecule has 0 aliphatic rings. The third kappa shape index (κ3) is 18.0. The van der Waals surface area contributed by atoms with Crippen LogP contribution >= 0.6 is 0 Å². The van der Waals surface area contributed by atoms with Gasteiger partial charge in [0.15, 0.2) is 36.2 Å². The van der Waals surface area contributed by atoms with Crippen LogP contribution in [0.3, 0.4) is 0 Å². The summed E-state index contributed by atoms with van der Waals surface area (Å²) in [5.74, 6) is 0. The second-order valence-corrected chi connectivity index (χ2v) is 26.2. The minimum Gasteiger partial charge on any atom is -0.201 e. The molecule has 6 heterocycles. The van der Waals surface area contributed by atoms with Crippen molar-refractivity contribution in [3.05, 3.63) is 319 Å². The van der Waals surface area contributed by atoms with E-state index in [1.54, 1.807) is 6.07 Å². The Kier molecular flexibility index (Phi) is 24.1. The third-order valence-electron chi connectivity index (χ3n) is 18.7. The molecule has 0 amide bonds. The van der Waals surface area contributed by atoms with Gasteiger partial charge in [-0.1, -0.05) is 96.1 Å². The van der Waals surface area contributed by atoms with Gasteiger partial charge in [-0.25, -0.2) is 18.3 Å². The molecule has 0 spiro atoms. The van der Waals surface area contributed by atoms with Gasteiger partial charge < -0.3 is 0 Å². The SMILES string of the molecule is Cc1ccc(C)c(-c2c(C)ccc[n+]2C)c1.Cc1ccc(C)c(-c2c(C)ccc[n+]2C)c1.Cc1cccc(-c2cccc(C)[n+]2C)c1C.Cc1cccc(C)c1-c1c(C)ccc[n+]1C.Cc1cccc(C)c1-c1c(C)ccc[n+]1C.[2H]C([2H])([2H])c1cccc(-c2cccc(C)[n+]2C)c1C. The molecule has 6 aromatic carbocycles. The fraction of sp³-hybridized carbons (Fsp3) is 0.267. The minimum atomic E-state index is -2.07. The maximum Gasteiger partial charge on any atom is 0.215 e. The van der Waals surface area contributed by atoms with E-state index in [9.17, 15) is 0 Å². The van der Waals surface area contributed by atoms with E-state index in [0.29, 0.717) is 5.56 Å². The van der Waals surface area contributed by atoms with Crippen molar-refractivity contribution in [2.45, 2.75) is 125 Å². The summed E-state index contributed by atoms with van der Waals surface area (Å²) in [5, 5.41) is 0. The van der Waals surface area contributed by atoms with E-state index in [1.165, 1.54) is 140 Å². The normalized spacial score (nSPS) is 11.1. The first-order valence-corrected chi connectivity index (χ1v) is 33.5. The lowest BCUT2D eigenvalue weighted by molar-refractivity contribution is -0.666. The molecule has 6 aromatic heterocycles. The van der Waals surface area contributed by atoms with Gasteiger partial charge in [-0.3, -0.25) is 0 Å². The zero-order valence-electron chi connectivity index (χ0n) is 65.0. The summed E-state index contributed by atoms with van der Waals surface area (Å²) < 4.78 is 35.9. The van der Waals surface area contributed by atoms with Crippen molar-refractivity contribution in [2.24, 2.45) is 42.3 Å². The van der Waals surface area contributed by atoms with Crippen LogP contribution in [-0.4, -0.2) is 0 Å². The highest BCUT2D eigenvalue weighted by atomic mass is 15.0. The lowest BCUT2D eigenvalue weighted by atomic mass is 9.97. The molecule has 12 rings (SSSR count). The van der Waals surface area contributed by atoms with Gasteiger partial charge in [-0.05, 0) is 227 Å². The van der Waals surface area contributed by atoms with Crippen LogP contribution in [0.15, 0.2) is 219 Å². The number of pyridine rings is 6. The lowest BCUT2D eigenvalue weighted by Gasteiger charge is -2.09. The van der Waals surface area contributed by atoms with Crippen LogP contribution in [0.25, 0.3) is 67.5 Å². The first-order valence-electron chi connectivity index (χ1n) is 35.0. The van der Waals surface area contributed by atoms with Gasteiger partial charge in [0.25, 0.3) is 0 Å². The Morgan fingerprint density at radius 1 is 0.240 bits per heavy atom. The molecule has 6 nitrogen and oxygen atoms in total. The molecule has 0 bridgehead atoms. The summed E-state index contributed by atoms with van der Waals surface area (Å²) in [4.78, 5) is 0. The largest absolute Gasteiger partial charge is 0.215 e. The minimum absolute atomic E-state index is 0.423. The predicted octanol–water partition coefficient (Wildman–Crippen LogP) is 18.6. The number of benzene rings is 6. The van der Waals surface area contributed by atoms with Gasteiger partial charge in [-0.15, -0.1) is 0 Å². The highest BCUT2D eigenvalue weighted by molar-refractivity contribution is 5.70. The summed E-state index contributed by atoms with van der Waals surface area (Å²) in [6.45, 7) is 34.3. The van der Waals surface area contributed by atoms with Crippen molar-refractivity contribution in [1.29, 1.82) is 0 Å². The second kappa shape index (κ2) is 33.6. The monoisotopic (exact) mass is 1280 g/mol. The number of rotatable bonds is 6. The van der Waals surface area contributed by atoms with Gasteiger partial charge in [-0.2, -0.15) is 9.13 Å². The van der Waals surface area contributed by atoms with Crippen LogP contribution < -0.4 is 27.4 Å². The van der Waals surface area contributed by atoms with Crippen LogP contribution in [-0.2, 0) is 42.3 Å². The van der Waals surface area contributed by atoms with E-state index in [4.69, 9.17) is 4.11 Å². The molecule has 0 unspecified atom stereocenters. The van der Waals surface area contributed by atoms with Crippen molar-refractivity contribution < 1.29 is 31.5 Å². The third-order valence-corrected chi connectivity index (χ3v) is 18.7. The number of hydrogen-bond acceptors (Lipinski definition) is 0. The van der Waals surface area contributed by atoms with Gasteiger partial charge in [0.1, 0.15) is 42.3 Å². The zero-order chi connectivity index (χ0) is 72.7. The van der Waals surface area contributed by atoms with Crippen molar-refractivity contribution in [2.75, 3.05) is 0 Å². The zero-order valence-corrected chi connectivity index (χ0v) is 62.0. The first-order chi connectivity index (χ1) is 46.8. The first kappa shape index (κ1) is 69.1. The smallest absolute Gasteiger partial charge is 0.201 e. The highest BCUT2D eigenvalue weighted by Gasteiger charge is 2.21. The molecule has 96 heavy (non-hydrogen) atoms. The van der Waals surface area contributed by atoms with E-state index in [2.05, 4.69) is 349 Å². The second-order valence-electron chi connectivity index (χ2n) is 26.2. The number of aryl methyl sites for hydroxylation is 20. The van der Waals surface area contributed by atoms with Crippen molar-refractivity contribution in [1.82, 2.24) is 0 Å². The van der Waals surface area contributed by atoms with Gasteiger partial charge in [0.2, 0.25) is 34.2 Å². The molecular formula is C90H108N6+6. The molecule has 0 atom stereocenters. The van der Waals surface area contributed by atoms with E-state index in [0.717, 1.165) is 22.5 Å². The predicted molar refractivity (Wildman–Crippen MR) is 404 cm³/mol. The van der Waals surface area contributed by atoms with Crippen molar-refractivity contribution >= 4 is 0 Å². The average Bonchev–Trinajstić information content (AvgIpc) is 0.843. The maximum atomic E-state index is 7.60. The fourth-order valence-corrected chi connectivity index (χ4v) is 12.8. The Morgan fingerprint density at radius 2 is 0.521 bits per heavy atom. The lowest BCUT2D eigenvalue weighted by Crippen LogP contribution is -2.34. The molecular weight excluding hydrogens is 1170 g/mol. The van der Waals surface area contributed by atoms with E-state index in [1.807, 2.05) is 51.2 Å². The molecule has 0 radical (unpaired) electrons. The van der Waals surface area contributed by atoms with Crippen LogP contribution in [0.1, 0.15) is 105 Å². The van der Waals surface area contributed by atoms with Crippen LogP contribution in [0.4, 0.5) is 0 Å². The summed E-state index contributed by atoms with van der Waals surface area (Å²) in [7, 11) is 12.5. The summed E-state index contributed by atoms with van der Waals surface area (Å²) in [6, 6.07) is 67.6. The molecule has 12 aromatic rings. The number of hydrogen-bond donors (Lipinski definition) is 0. The summed E-state index contributed by atoms with van der Waals surface area (Å²) in [6.07, 6.45) is 8.41. The Balaban J connectivity index is 0.000000167. The summed E-state index contributed by atoms with van der Waals surface area (Å²) in [5.41, 5.74) is 37.5. The van der Waals surface area contributed by atoms with Crippen LogP contribution in [0.5, 0.6) is 0 Å². The van der Waals surface area contributed by atoms with Crippen molar-refractivity contribution in [3.8, 4) is 67.5 Å². The molecule has 6 heteroatoms. The molecule has 0 aliphatic carbocycles. The Hall–Kier alpha value is -9.78. The molecule has 0 N–H and O–H groups in total. The molecule has 492 valence electrons. The maximum absolute atomic E-state index is 7.60. The van der Waals surface area contributed by atoms with Gasteiger partial charge in [0, 0.05) is 111 Å². The topological polar surface area (TPSA) is 23.3 Å². The van der Waals surface area contributed by atoms with Gasteiger partial charge >= 0.3 is 0 Å². The van der Waals surface area contributed by atoms with Crippen LogP contribution in [0.2, 0.25) is 0 Å². The molecule has 0 aliphatic heterocycles. The number of nitrogens with zero attached hydrogens (tertiary/aromatic N) is 6. The standard InChI is InChI=1S/6C15H18N/c2*1-11-7-5-9-14(13(11)3)15-10-6-8-12(2)16(15)4;2*1-11-7-5-8-12(2)14(11)15-13(3)9-6-10-16(15)4;2*1-11-7-8-12(2)14(10-11)15-13(3)6-5-9-16(15)4/h6*5-10H,1-4H3/q6*+1/i1D3;;;;;. The molecule has 0 fully saturated rings. The van der Waals surface area contributed by atoms with Gasteiger partial charge in [0.05, 0.1) is 11.1 Å². The van der Waals surface area contributed by atoms with E-state index >= 15 is 0 Å². The Labute approximate surface area is 582 Å². The Bertz CT molecular complexity index is 4360. The quantitative estimate of drug-likeness (QED) is 0.148. The van der Waals surface area contributed by atoms with Crippen LogP contribution in [0, 0.1) is 125 Å². The fourth-order valence-electron chi connectivity index (χ4n) is 12.8. The average molecular weight is 1280 g/mol. The van der Waals surface area contributed by atoms with Crippen molar-refractivity contribution in [3.63, 3.8) is 0 Å². The number of aromatic nitrogens is 6. The van der Waals surface area contributed by atoms with E-state index < -0.39 is 6.85 Å². The highest BCUT2D eigenvalue weighted by Crippen LogP contribution is 2.30.